The first-order valence-corrected chi connectivity index (χ1v) is 11.8. The van der Waals surface area contributed by atoms with Gasteiger partial charge in [-0.3, -0.25) is 14.5 Å². The summed E-state index contributed by atoms with van der Waals surface area (Å²) in [5.74, 6) is -0.279. The second-order valence-electron chi connectivity index (χ2n) is 8.06. The first-order valence-electron chi connectivity index (χ1n) is 11.4. The Morgan fingerprint density at radius 1 is 0.892 bits per heavy atom. The van der Waals surface area contributed by atoms with Gasteiger partial charge in [0.25, 0.3) is 11.7 Å². The summed E-state index contributed by atoms with van der Waals surface area (Å²) in [6.07, 6.45) is 0. The molecular weight excluding hydrogens is 498 g/mol. The monoisotopic (exact) mass is 523 g/mol. The van der Waals surface area contributed by atoms with Gasteiger partial charge in [0, 0.05) is 10.7 Å². The summed E-state index contributed by atoms with van der Waals surface area (Å²) in [6.45, 7) is 2.35. The number of carbonyl (C=O) groups is 2. The molecule has 0 aliphatic carbocycles. The van der Waals surface area contributed by atoms with Gasteiger partial charge < -0.3 is 24.1 Å². The van der Waals surface area contributed by atoms with Crippen LogP contribution in [-0.4, -0.2) is 44.7 Å². The van der Waals surface area contributed by atoms with Gasteiger partial charge in [0.15, 0.2) is 11.5 Å². The van der Waals surface area contributed by atoms with E-state index < -0.39 is 23.5 Å². The molecule has 0 saturated carbocycles. The van der Waals surface area contributed by atoms with Crippen LogP contribution in [0.4, 0.5) is 5.69 Å². The Morgan fingerprint density at radius 3 is 2.16 bits per heavy atom. The first kappa shape index (κ1) is 25.9. The standard InChI is InChI=1S/C28H26ClNO7/c1-5-37-19-10-8-18(9-11-19)30-25(16-6-12-22(35-3)23(14-16)36-4)24(27(32)28(30)33)26(31)20-15-17(29)7-13-21(20)34-2/h6-15,25,31H,5H2,1-4H3/b26-24+. The number of Topliss-reactive ketones (excluding diaryl/α,β-unsaturated/α-hetero) is 1. The van der Waals surface area contributed by atoms with E-state index in [0.29, 0.717) is 45.9 Å². The number of halogens is 1. The number of aliphatic hydroxyl groups excluding tert-OH is 1. The Balaban J connectivity index is 1.97. The van der Waals surface area contributed by atoms with Crippen molar-refractivity contribution in [3.8, 4) is 23.0 Å². The van der Waals surface area contributed by atoms with Gasteiger partial charge in [-0.1, -0.05) is 17.7 Å². The minimum absolute atomic E-state index is 0.119. The van der Waals surface area contributed by atoms with E-state index in [1.54, 1.807) is 54.6 Å². The fraction of sp³-hybridized carbons (Fsp3) is 0.214. The molecule has 1 aliphatic rings. The van der Waals surface area contributed by atoms with Gasteiger partial charge in [-0.15, -0.1) is 0 Å². The summed E-state index contributed by atoms with van der Waals surface area (Å²) in [4.78, 5) is 28.2. The van der Waals surface area contributed by atoms with Crippen LogP contribution in [0.2, 0.25) is 5.02 Å². The predicted molar refractivity (Wildman–Crippen MR) is 140 cm³/mol. The molecule has 0 radical (unpaired) electrons. The molecule has 0 aromatic heterocycles. The molecule has 192 valence electrons. The molecule has 3 aromatic carbocycles. The summed E-state index contributed by atoms with van der Waals surface area (Å²) >= 11 is 6.19. The van der Waals surface area contributed by atoms with Crippen molar-refractivity contribution < 1.29 is 33.6 Å². The quantitative estimate of drug-likeness (QED) is 0.240. The van der Waals surface area contributed by atoms with Crippen molar-refractivity contribution >= 4 is 34.7 Å². The smallest absolute Gasteiger partial charge is 0.300 e. The number of anilines is 1. The van der Waals surface area contributed by atoms with Crippen LogP contribution < -0.4 is 23.8 Å². The van der Waals surface area contributed by atoms with E-state index in [1.165, 1.54) is 32.3 Å². The number of methoxy groups -OCH3 is 3. The van der Waals surface area contributed by atoms with Crippen LogP contribution >= 0.6 is 11.6 Å². The second kappa shape index (κ2) is 10.8. The highest BCUT2D eigenvalue weighted by Crippen LogP contribution is 2.45. The number of nitrogens with zero attached hydrogens (tertiary/aromatic N) is 1. The fourth-order valence-corrected chi connectivity index (χ4v) is 4.49. The number of aliphatic hydroxyl groups is 1. The predicted octanol–water partition coefficient (Wildman–Crippen LogP) is 5.39. The Hall–Kier alpha value is -4.17. The normalized spacial score (nSPS) is 16.6. The molecule has 1 fully saturated rings. The van der Waals surface area contributed by atoms with Gasteiger partial charge in [-0.2, -0.15) is 0 Å². The molecule has 1 aliphatic heterocycles. The maximum atomic E-state index is 13.5. The van der Waals surface area contributed by atoms with Crippen molar-refractivity contribution in [3.63, 3.8) is 0 Å². The van der Waals surface area contributed by atoms with Gasteiger partial charge in [-0.25, -0.2) is 0 Å². The van der Waals surface area contributed by atoms with Crippen molar-refractivity contribution in [1.29, 1.82) is 0 Å². The largest absolute Gasteiger partial charge is 0.507 e. The number of hydrogen-bond acceptors (Lipinski definition) is 7. The number of ketones is 1. The highest BCUT2D eigenvalue weighted by atomic mass is 35.5. The van der Waals surface area contributed by atoms with E-state index >= 15 is 0 Å². The Labute approximate surface area is 219 Å². The lowest BCUT2D eigenvalue weighted by molar-refractivity contribution is -0.132. The van der Waals surface area contributed by atoms with Crippen molar-refractivity contribution in [2.45, 2.75) is 13.0 Å². The van der Waals surface area contributed by atoms with Gasteiger partial charge in [-0.05, 0) is 67.1 Å². The molecule has 1 heterocycles. The van der Waals surface area contributed by atoms with Crippen LogP contribution in [0.15, 0.2) is 66.2 Å². The summed E-state index contributed by atoms with van der Waals surface area (Å²) in [6, 6.07) is 15.5. The highest BCUT2D eigenvalue weighted by molar-refractivity contribution is 6.51. The first-order chi connectivity index (χ1) is 17.8. The minimum Gasteiger partial charge on any atom is -0.507 e. The molecule has 1 N–H and O–H groups in total. The number of rotatable bonds is 8. The molecule has 8 nitrogen and oxygen atoms in total. The Bertz CT molecular complexity index is 1370. The molecule has 0 bridgehead atoms. The van der Waals surface area contributed by atoms with Crippen molar-refractivity contribution in [2.24, 2.45) is 0 Å². The number of benzene rings is 3. The Morgan fingerprint density at radius 2 is 1.54 bits per heavy atom. The summed E-state index contributed by atoms with van der Waals surface area (Å²) in [5, 5.41) is 11.8. The average molecular weight is 524 g/mol. The maximum Gasteiger partial charge on any atom is 0.300 e. The van der Waals surface area contributed by atoms with Gasteiger partial charge in [0.05, 0.1) is 45.1 Å². The summed E-state index contributed by atoms with van der Waals surface area (Å²) in [7, 11) is 4.43. The number of ether oxygens (including phenoxy) is 4. The molecule has 1 amide bonds. The topological polar surface area (TPSA) is 94.5 Å². The van der Waals surface area contributed by atoms with Crippen molar-refractivity contribution in [2.75, 3.05) is 32.8 Å². The lowest BCUT2D eigenvalue weighted by Gasteiger charge is -2.26. The molecule has 3 aromatic rings. The van der Waals surface area contributed by atoms with Gasteiger partial charge in [0.1, 0.15) is 17.3 Å². The lowest BCUT2D eigenvalue weighted by atomic mass is 9.94. The van der Waals surface area contributed by atoms with Crippen LogP contribution in [0.3, 0.4) is 0 Å². The third kappa shape index (κ3) is 4.80. The zero-order valence-corrected chi connectivity index (χ0v) is 21.5. The maximum absolute atomic E-state index is 13.5. The zero-order valence-electron chi connectivity index (χ0n) is 20.8. The van der Waals surface area contributed by atoms with E-state index in [0.717, 1.165) is 0 Å². The summed E-state index contributed by atoms with van der Waals surface area (Å²) in [5.41, 5.74) is 1.03. The van der Waals surface area contributed by atoms with Crippen LogP contribution in [0, 0.1) is 0 Å². The molecular formula is C28H26ClNO7. The van der Waals surface area contributed by atoms with Crippen molar-refractivity contribution in [1.82, 2.24) is 0 Å². The van der Waals surface area contributed by atoms with Crippen LogP contribution in [0.1, 0.15) is 24.1 Å². The second-order valence-corrected chi connectivity index (χ2v) is 8.49. The van der Waals surface area contributed by atoms with E-state index in [4.69, 9.17) is 30.5 Å². The number of hydrogen-bond donors (Lipinski definition) is 1. The van der Waals surface area contributed by atoms with E-state index in [1.807, 2.05) is 6.92 Å². The van der Waals surface area contributed by atoms with Crippen LogP contribution in [-0.2, 0) is 9.59 Å². The number of amides is 1. The van der Waals surface area contributed by atoms with Crippen LogP contribution in [0.25, 0.3) is 5.76 Å². The third-order valence-corrected chi connectivity index (χ3v) is 6.25. The molecule has 1 atom stereocenters. The average Bonchev–Trinajstić information content (AvgIpc) is 3.18. The molecule has 0 spiro atoms. The Kier molecular flexibility index (Phi) is 7.59. The van der Waals surface area contributed by atoms with Gasteiger partial charge in [0.2, 0.25) is 0 Å². The van der Waals surface area contributed by atoms with Gasteiger partial charge >= 0.3 is 0 Å². The van der Waals surface area contributed by atoms with E-state index in [-0.39, 0.29) is 11.1 Å². The molecule has 4 rings (SSSR count). The van der Waals surface area contributed by atoms with E-state index in [9.17, 15) is 14.7 Å². The molecule has 9 heteroatoms. The zero-order chi connectivity index (χ0) is 26.7. The lowest BCUT2D eigenvalue weighted by Crippen LogP contribution is -2.29. The third-order valence-electron chi connectivity index (χ3n) is 6.01. The van der Waals surface area contributed by atoms with Crippen molar-refractivity contribution in [3.05, 3.63) is 82.4 Å². The number of carbonyl (C=O) groups excluding carboxylic acids is 2. The van der Waals surface area contributed by atoms with E-state index in [2.05, 4.69) is 0 Å². The molecule has 37 heavy (non-hydrogen) atoms. The molecule has 1 saturated heterocycles. The fourth-order valence-electron chi connectivity index (χ4n) is 4.32. The minimum atomic E-state index is -0.985. The summed E-state index contributed by atoms with van der Waals surface area (Å²) < 4.78 is 21.7. The highest BCUT2D eigenvalue weighted by Gasteiger charge is 2.47. The SMILES string of the molecule is CCOc1ccc(N2C(=O)C(=O)/C(=C(/O)c3cc(Cl)ccc3OC)C2c2ccc(OC)c(OC)c2)cc1. The molecule has 1 unspecified atom stereocenters. The van der Waals surface area contributed by atoms with Crippen LogP contribution in [0.5, 0.6) is 23.0 Å².